The molecule has 258 valence electrons. The van der Waals surface area contributed by atoms with Gasteiger partial charge in [-0.3, -0.25) is 0 Å². The summed E-state index contributed by atoms with van der Waals surface area (Å²) in [4.78, 5) is 10.4. The molecule has 0 atom stereocenters. The fourth-order valence-electron chi connectivity index (χ4n) is 7.45. The molecule has 55 heavy (non-hydrogen) atoms. The molecule has 0 aliphatic rings. The van der Waals surface area contributed by atoms with E-state index in [2.05, 4.69) is 188 Å². The average molecular weight is 719 g/mol. The second-order valence-corrected chi connectivity index (χ2v) is 14.9. The van der Waals surface area contributed by atoms with Crippen LogP contribution in [0.15, 0.2) is 206 Å². The van der Waals surface area contributed by atoms with E-state index < -0.39 is 0 Å². The van der Waals surface area contributed by atoms with Crippen molar-refractivity contribution in [1.82, 2.24) is 9.97 Å². The summed E-state index contributed by atoms with van der Waals surface area (Å²) in [7, 11) is 0. The highest BCUT2D eigenvalue weighted by atomic mass is 32.1. The zero-order valence-corrected chi connectivity index (χ0v) is 30.7. The molecule has 0 saturated heterocycles. The van der Waals surface area contributed by atoms with E-state index in [0.29, 0.717) is 5.82 Å². The molecule has 10 rings (SSSR count). The van der Waals surface area contributed by atoms with E-state index in [1.165, 1.54) is 42.4 Å². The van der Waals surface area contributed by atoms with Gasteiger partial charge >= 0.3 is 0 Å². The van der Waals surface area contributed by atoms with Crippen LogP contribution in [0.1, 0.15) is 0 Å². The van der Waals surface area contributed by atoms with Gasteiger partial charge in [-0.05, 0) is 87.0 Å². The van der Waals surface area contributed by atoms with Gasteiger partial charge in [0.15, 0.2) is 5.82 Å². The predicted octanol–water partition coefficient (Wildman–Crippen LogP) is 14.5. The molecule has 10 aromatic rings. The van der Waals surface area contributed by atoms with E-state index in [-0.39, 0.29) is 0 Å². The van der Waals surface area contributed by atoms with Crippen molar-refractivity contribution in [2.24, 2.45) is 0 Å². The van der Waals surface area contributed by atoms with Gasteiger partial charge in [-0.1, -0.05) is 164 Å². The van der Waals surface area contributed by atoms with Crippen LogP contribution in [0, 0.1) is 0 Å². The fourth-order valence-corrected chi connectivity index (χ4v) is 8.64. The lowest BCUT2D eigenvalue weighted by Crippen LogP contribution is -1.96. The molecule has 0 spiro atoms. The Bertz CT molecular complexity index is 2950. The third-order valence-corrected chi connectivity index (χ3v) is 11.4. The SMILES string of the molecule is c1ccc(-c2cccc(-c3cc(-c4cc(-c5ccccc5)cc(-c5ccc6c(c5)sc5cc(-c7ccccc7)ccc56)c4)nc(-c4ccccc4)n3)c2)cc1. The first-order valence-corrected chi connectivity index (χ1v) is 19.4. The number of hydrogen-bond donors (Lipinski definition) is 0. The lowest BCUT2D eigenvalue weighted by molar-refractivity contribution is 1.18. The standard InChI is InChI=1S/C52H34N2S/c1-5-14-35(15-6-1)39-22-13-23-42(28-39)48-34-49(54-52(53-48)38-20-11-4-12-21-38)45-30-43(37-18-9-3-10-19-37)29-44(31-45)41-25-27-47-46-26-24-40(36-16-7-2-8-17-36)32-50(46)55-51(47)33-41/h1-34H. The summed E-state index contributed by atoms with van der Waals surface area (Å²) in [6.07, 6.45) is 0. The van der Waals surface area contributed by atoms with Gasteiger partial charge in [0, 0.05) is 36.9 Å². The molecule has 0 aliphatic heterocycles. The van der Waals surface area contributed by atoms with Crippen LogP contribution in [0.2, 0.25) is 0 Å². The Morgan fingerprint density at radius 2 is 0.636 bits per heavy atom. The summed E-state index contributed by atoms with van der Waals surface area (Å²) in [6, 6.07) is 73.4. The number of aromatic nitrogens is 2. The normalized spacial score (nSPS) is 11.3. The third-order valence-electron chi connectivity index (χ3n) is 10.3. The molecule has 0 saturated carbocycles. The first-order chi connectivity index (χ1) is 27.2. The highest BCUT2D eigenvalue weighted by Crippen LogP contribution is 2.40. The highest BCUT2D eigenvalue weighted by Gasteiger charge is 2.15. The van der Waals surface area contributed by atoms with Crippen LogP contribution in [0.4, 0.5) is 0 Å². The minimum absolute atomic E-state index is 0.700. The monoisotopic (exact) mass is 718 g/mol. The van der Waals surface area contributed by atoms with Gasteiger partial charge in [0.25, 0.3) is 0 Å². The van der Waals surface area contributed by atoms with Crippen molar-refractivity contribution in [2.45, 2.75) is 0 Å². The van der Waals surface area contributed by atoms with Crippen LogP contribution in [0.25, 0.3) is 98.6 Å². The molecular formula is C52H34N2S. The number of fused-ring (bicyclic) bond motifs is 3. The molecule has 2 nitrogen and oxygen atoms in total. The number of thiophene rings is 1. The number of rotatable bonds is 7. The summed E-state index contributed by atoms with van der Waals surface area (Å²) in [6.45, 7) is 0. The topological polar surface area (TPSA) is 25.8 Å². The Morgan fingerprint density at radius 1 is 0.255 bits per heavy atom. The Balaban J connectivity index is 1.13. The first-order valence-electron chi connectivity index (χ1n) is 18.6. The minimum atomic E-state index is 0.700. The van der Waals surface area contributed by atoms with Gasteiger partial charge in [0.1, 0.15) is 0 Å². The van der Waals surface area contributed by atoms with E-state index >= 15 is 0 Å². The molecule has 8 aromatic carbocycles. The van der Waals surface area contributed by atoms with Crippen molar-refractivity contribution < 1.29 is 0 Å². The Morgan fingerprint density at radius 3 is 1.20 bits per heavy atom. The van der Waals surface area contributed by atoms with Crippen molar-refractivity contribution in [2.75, 3.05) is 0 Å². The van der Waals surface area contributed by atoms with Gasteiger partial charge in [-0.15, -0.1) is 11.3 Å². The van der Waals surface area contributed by atoms with Gasteiger partial charge in [-0.25, -0.2) is 9.97 Å². The van der Waals surface area contributed by atoms with E-state index in [0.717, 1.165) is 50.3 Å². The molecular weight excluding hydrogens is 685 g/mol. The molecule has 2 aromatic heterocycles. The summed E-state index contributed by atoms with van der Waals surface area (Å²) in [5.74, 6) is 0.700. The van der Waals surface area contributed by atoms with Gasteiger partial charge in [0.05, 0.1) is 11.4 Å². The highest BCUT2D eigenvalue weighted by molar-refractivity contribution is 7.25. The molecule has 0 radical (unpaired) electrons. The number of nitrogens with zero attached hydrogens (tertiary/aromatic N) is 2. The smallest absolute Gasteiger partial charge is 0.160 e. The van der Waals surface area contributed by atoms with E-state index in [1.54, 1.807) is 0 Å². The summed E-state index contributed by atoms with van der Waals surface area (Å²) < 4.78 is 2.57. The molecule has 0 unspecified atom stereocenters. The minimum Gasteiger partial charge on any atom is -0.228 e. The van der Waals surface area contributed by atoms with E-state index in [9.17, 15) is 0 Å². The Hall–Kier alpha value is -6.94. The van der Waals surface area contributed by atoms with Gasteiger partial charge < -0.3 is 0 Å². The summed E-state index contributed by atoms with van der Waals surface area (Å²) in [5.41, 5.74) is 14.3. The summed E-state index contributed by atoms with van der Waals surface area (Å²) >= 11 is 1.86. The van der Waals surface area contributed by atoms with Gasteiger partial charge in [-0.2, -0.15) is 0 Å². The van der Waals surface area contributed by atoms with Crippen molar-refractivity contribution in [3.8, 4) is 78.4 Å². The molecule has 0 aliphatic carbocycles. The third kappa shape index (κ3) is 6.52. The molecule has 0 bridgehead atoms. The van der Waals surface area contributed by atoms with Gasteiger partial charge in [0.2, 0.25) is 0 Å². The largest absolute Gasteiger partial charge is 0.228 e. The molecule has 3 heteroatoms. The molecule has 2 heterocycles. The van der Waals surface area contributed by atoms with E-state index in [1.807, 2.05) is 29.5 Å². The average Bonchev–Trinajstić information content (AvgIpc) is 3.64. The zero-order chi connectivity index (χ0) is 36.6. The van der Waals surface area contributed by atoms with Crippen LogP contribution in [0.5, 0.6) is 0 Å². The summed E-state index contributed by atoms with van der Waals surface area (Å²) in [5, 5.41) is 2.58. The lowest BCUT2D eigenvalue weighted by atomic mass is 9.94. The van der Waals surface area contributed by atoms with Crippen LogP contribution in [-0.4, -0.2) is 9.97 Å². The fraction of sp³-hybridized carbons (Fsp3) is 0. The van der Waals surface area contributed by atoms with Crippen molar-refractivity contribution in [3.63, 3.8) is 0 Å². The zero-order valence-electron chi connectivity index (χ0n) is 29.9. The van der Waals surface area contributed by atoms with Crippen molar-refractivity contribution in [3.05, 3.63) is 206 Å². The van der Waals surface area contributed by atoms with Crippen molar-refractivity contribution in [1.29, 1.82) is 0 Å². The van der Waals surface area contributed by atoms with Crippen LogP contribution < -0.4 is 0 Å². The number of benzene rings is 8. The predicted molar refractivity (Wildman–Crippen MR) is 233 cm³/mol. The van der Waals surface area contributed by atoms with E-state index in [4.69, 9.17) is 9.97 Å². The van der Waals surface area contributed by atoms with Crippen molar-refractivity contribution >= 4 is 31.5 Å². The Labute approximate surface area is 324 Å². The molecule has 0 amide bonds. The number of hydrogen-bond acceptors (Lipinski definition) is 3. The van der Waals surface area contributed by atoms with Crippen LogP contribution >= 0.6 is 11.3 Å². The first kappa shape index (κ1) is 32.7. The Kier molecular flexibility index (Phi) is 8.40. The maximum absolute atomic E-state index is 5.25. The maximum atomic E-state index is 5.25. The molecule has 0 fully saturated rings. The van der Waals surface area contributed by atoms with Crippen LogP contribution in [-0.2, 0) is 0 Å². The quantitative estimate of drug-likeness (QED) is 0.164. The van der Waals surface area contributed by atoms with Crippen LogP contribution in [0.3, 0.4) is 0 Å². The lowest BCUT2D eigenvalue weighted by Gasteiger charge is -2.14. The molecule has 0 N–H and O–H groups in total. The maximum Gasteiger partial charge on any atom is 0.160 e. The second kappa shape index (κ2) is 14.1. The second-order valence-electron chi connectivity index (χ2n) is 13.8.